The quantitative estimate of drug-likeness (QED) is 0.904. The summed E-state index contributed by atoms with van der Waals surface area (Å²) in [6.07, 6.45) is 1.56. The van der Waals surface area contributed by atoms with Crippen molar-refractivity contribution in [3.8, 4) is 0 Å². The van der Waals surface area contributed by atoms with Gasteiger partial charge in [0.25, 0.3) is 10.0 Å². The summed E-state index contributed by atoms with van der Waals surface area (Å²) in [5.74, 6) is 0. The predicted octanol–water partition coefficient (Wildman–Crippen LogP) is 2.21. The maximum atomic E-state index is 12.2. The first-order valence-corrected chi connectivity index (χ1v) is 7.68. The third-order valence-corrected chi connectivity index (χ3v) is 4.26. The van der Waals surface area contributed by atoms with E-state index in [1.807, 2.05) is 6.92 Å². The highest BCUT2D eigenvalue weighted by Crippen LogP contribution is 2.18. The van der Waals surface area contributed by atoms with Crippen LogP contribution in [0.25, 0.3) is 0 Å². The number of hydrogen-bond acceptors (Lipinski definition) is 4. The molecule has 0 aliphatic carbocycles. The fourth-order valence-electron chi connectivity index (χ4n) is 1.77. The number of sulfonamides is 1. The van der Waals surface area contributed by atoms with Crippen LogP contribution in [0.1, 0.15) is 24.2 Å². The van der Waals surface area contributed by atoms with Crippen molar-refractivity contribution >= 4 is 15.7 Å². The minimum Gasteiger partial charge on any atom is -0.324 e. The van der Waals surface area contributed by atoms with Crippen LogP contribution in [0, 0.1) is 6.92 Å². The zero-order valence-electron chi connectivity index (χ0n) is 11.4. The van der Waals surface area contributed by atoms with Crippen molar-refractivity contribution in [3.63, 3.8) is 0 Å². The van der Waals surface area contributed by atoms with Crippen molar-refractivity contribution in [2.24, 2.45) is 5.73 Å². The maximum Gasteiger partial charge on any atom is 0.261 e. The number of pyridine rings is 1. The molecular weight excluding hydrogens is 274 g/mol. The van der Waals surface area contributed by atoms with Crippen LogP contribution in [-0.2, 0) is 10.0 Å². The third-order valence-electron chi connectivity index (χ3n) is 2.87. The molecule has 2 rings (SSSR count). The summed E-state index contributed by atoms with van der Waals surface area (Å²) in [5.41, 5.74) is 7.88. The molecule has 3 N–H and O–H groups in total. The first-order valence-electron chi connectivity index (χ1n) is 6.19. The Morgan fingerprint density at radius 3 is 2.40 bits per heavy atom. The molecule has 2 aromatic rings. The van der Waals surface area contributed by atoms with Gasteiger partial charge in [0.05, 0.1) is 10.6 Å². The number of nitrogens with zero attached hydrogens (tertiary/aromatic N) is 1. The average Bonchev–Trinajstić information content (AvgIpc) is 2.38. The average molecular weight is 291 g/mol. The SMILES string of the molecule is Cc1cc(NS(=O)(=O)c2ccc(C(C)N)cc2)ccn1. The molecule has 1 unspecified atom stereocenters. The molecule has 20 heavy (non-hydrogen) atoms. The topological polar surface area (TPSA) is 85.1 Å². The summed E-state index contributed by atoms with van der Waals surface area (Å²) >= 11 is 0. The van der Waals surface area contributed by atoms with Crippen molar-refractivity contribution < 1.29 is 8.42 Å². The van der Waals surface area contributed by atoms with Gasteiger partial charge >= 0.3 is 0 Å². The summed E-state index contributed by atoms with van der Waals surface area (Å²) in [6, 6.07) is 9.70. The zero-order valence-corrected chi connectivity index (χ0v) is 12.2. The number of aryl methyl sites for hydroxylation is 1. The fourth-order valence-corrected chi connectivity index (χ4v) is 2.82. The number of rotatable bonds is 4. The number of anilines is 1. The smallest absolute Gasteiger partial charge is 0.261 e. The second kappa shape index (κ2) is 5.60. The number of nitrogens with two attached hydrogens (primary N) is 1. The molecule has 5 nitrogen and oxygen atoms in total. The Morgan fingerprint density at radius 2 is 1.85 bits per heavy atom. The minimum atomic E-state index is -3.59. The molecule has 0 aliphatic rings. The van der Waals surface area contributed by atoms with Crippen LogP contribution >= 0.6 is 0 Å². The van der Waals surface area contributed by atoms with E-state index in [-0.39, 0.29) is 10.9 Å². The Hall–Kier alpha value is -1.92. The largest absolute Gasteiger partial charge is 0.324 e. The van der Waals surface area contributed by atoms with Gasteiger partial charge in [-0.05, 0) is 43.7 Å². The molecule has 0 bridgehead atoms. The van der Waals surface area contributed by atoms with Crippen molar-refractivity contribution in [3.05, 3.63) is 53.9 Å². The molecule has 1 heterocycles. The van der Waals surface area contributed by atoms with Crippen LogP contribution < -0.4 is 10.5 Å². The van der Waals surface area contributed by atoms with Gasteiger partial charge in [0.2, 0.25) is 0 Å². The first kappa shape index (κ1) is 14.5. The molecule has 0 amide bonds. The van der Waals surface area contributed by atoms with Gasteiger partial charge in [0.1, 0.15) is 0 Å². The molecule has 0 spiro atoms. The van der Waals surface area contributed by atoms with Crippen LogP contribution in [0.3, 0.4) is 0 Å². The van der Waals surface area contributed by atoms with E-state index < -0.39 is 10.0 Å². The molecule has 0 aliphatic heterocycles. The van der Waals surface area contributed by atoms with Crippen LogP contribution in [0.4, 0.5) is 5.69 Å². The van der Waals surface area contributed by atoms with E-state index in [9.17, 15) is 8.42 Å². The Kier molecular flexibility index (Phi) is 4.06. The number of nitrogens with one attached hydrogen (secondary N) is 1. The minimum absolute atomic E-state index is 0.123. The summed E-state index contributed by atoms with van der Waals surface area (Å²) in [5, 5.41) is 0. The van der Waals surface area contributed by atoms with Crippen molar-refractivity contribution in [1.29, 1.82) is 0 Å². The highest BCUT2D eigenvalue weighted by Gasteiger charge is 2.14. The van der Waals surface area contributed by atoms with Crippen molar-refractivity contribution in [2.45, 2.75) is 24.8 Å². The standard InChI is InChI=1S/C14H17N3O2S/c1-10-9-13(7-8-16-10)17-20(18,19)14-5-3-12(4-6-14)11(2)15/h3-9,11H,15H2,1-2H3,(H,16,17). The maximum absolute atomic E-state index is 12.2. The van der Waals surface area contributed by atoms with Gasteiger partial charge in [-0.3, -0.25) is 9.71 Å². The highest BCUT2D eigenvalue weighted by atomic mass is 32.2. The fraction of sp³-hybridized carbons (Fsp3) is 0.214. The molecule has 0 saturated carbocycles. The van der Waals surface area contributed by atoms with Crippen LogP contribution in [0.15, 0.2) is 47.5 Å². The van der Waals surface area contributed by atoms with E-state index in [1.165, 1.54) is 0 Å². The number of benzene rings is 1. The molecule has 0 fully saturated rings. The van der Waals surface area contributed by atoms with Crippen LogP contribution in [-0.4, -0.2) is 13.4 Å². The molecular formula is C14H17N3O2S. The molecule has 1 aromatic heterocycles. The zero-order chi connectivity index (χ0) is 14.8. The van der Waals surface area contributed by atoms with Crippen LogP contribution in [0.5, 0.6) is 0 Å². The third kappa shape index (κ3) is 3.34. The van der Waals surface area contributed by atoms with Gasteiger partial charge in [-0.15, -0.1) is 0 Å². The first-order chi connectivity index (χ1) is 9.38. The molecule has 106 valence electrons. The highest BCUT2D eigenvalue weighted by molar-refractivity contribution is 7.92. The molecule has 0 radical (unpaired) electrons. The summed E-state index contributed by atoms with van der Waals surface area (Å²) in [4.78, 5) is 4.23. The Labute approximate surface area is 118 Å². The monoisotopic (exact) mass is 291 g/mol. The van der Waals surface area contributed by atoms with Crippen molar-refractivity contribution in [2.75, 3.05) is 4.72 Å². The Bertz CT molecular complexity index is 695. The Morgan fingerprint density at radius 1 is 1.20 bits per heavy atom. The van der Waals surface area contributed by atoms with Gasteiger partial charge in [-0.25, -0.2) is 8.42 Å². The lowest BCUT2D eigenvalue weighted by molar-refractivity contribution is 0.601. The van der Waals surface area contributed by atoms with E-state index in [0.717, 1.165) is 11.3 Å². The summed E-state index contributed by atoms with van der Waals surface area (Å²) in [7, 11) is -3.59. The van der Waals surface area contributed by atoms with E-state index in [2.05, 4.69) is 9.71 Å². The van der Waals surface area contributed by atoms with E-state index in [0.29, 0.717) is 5.69 Å². The van der Waals surface area contributed by atoms with E-state index in [4.69, 9.17) is 5.73 Å². The van der Waals surface area contributed by atoms with E-state index in [1.54, 1.807) is 49.5 Å². The molecule has 6 heteroatoms. The molecule has 0 saturated heterocycles. The molecule has 1 atom stereocenters. The lowest BCUT2D eigenvalue weighted by atomic mass is 10.1. The lowest BCUT2D eigenvalue weighted by Crippen LogP contribution is -2.13. The van der Waals surface area contributed by atoms with Gasteiger partial charge < -0.3 is 5.73 Å². The lowest BCUT2D eigenvalue weighted by Gasteiger charge is -2.10. The molecule has 1 aromatic carbocycles. The van der Waals surface area contributed by atoms with E-state index >= 15 is 0 Å². The van der Waals surface area contributed by atoms with Crippen LogP contribution in [0.2, 0.25) is 0 Å². The van der Waals surface area contributed by atoms with Gasteiger partial charge in [0, 0.05) is 17.9 Å². The summed E-state index contributed by atoms with van der Waals surface area (Å²) in [6.45, 7) is 3.65. The normalized spacial score (nSPS) is 12.9. The number of hydrogen-bond donors (Lipinski definition) is 2. The van der Waals surface area contributed by atoms with Gasteiger partial charge in [-0.1, -0.05) is 12.1 Å². The Balaban J connectivity index is 2.26. The second-order valence-corrected chi connectivity index (χ2v) is 6.33. The second-order valence-electron chi connectivity index (χ2n) is 4.65. The van der Waals surface area contributed by atoms with Gasteiger partial charge in [-0.2, -0.15) is 0 Å². The van der Waals surface area contributed by atoms with Gasteiger partial charge in [0.15, 0.2) is 0 Å². The van der Waals surface area contributed by atoms with Crippen molar-refractivity contribution in [1.82, 2.24) is 4.98 Å². The predicted molar refractivity (Wildman–Crippen MR) is 78.8 cm³/mol. The number of aromatic nitrogens is 1. The summed E-state index contributed by atoms with van der Waals surface area (Å²) < 4.78 is 27.0.